The number of hydrogen-bond acceptors (Lipinski definition) is 2. The molecular formula is C14H27N3S. The van der Waals surface area contributed by atoms with Crippen molar-refractivity contribution in [3.8, 4) is 0 Å². The Labute approximate surface area is 116 Å². The number of guanidine groups is 1. The number of rotatable bonds is 4. The van der Waals surface area contributed by atoms with Crippen molar-refractivity contribution >= 4 is 17.7 Å². The zero-order valence-electron chi connectivity index (χ0n) is 11.9. The number of aliphatic imine (C=N–C) groups is 1. The molecule has 4 heteroatoms. The van der Waals surface area contributed by atoms with Crippen LogP contribution in [0.4, 0.5) is 0 Å². The molecule has 2 aliphatic rings. The van der Waals surface area contributed by atoms with E-state index in [0.717, 1.165) is 12.5 Å². The predicted octanol–water partition coefficient (Wildman–Crippen LogP) is 2.58. The van der Waals surface area contributed by atoms with Crippen LogP contribution in [0.25, 0.3) is 0 Å². The molecule has 1 saturated carbocycles. The number of nitrogens with one attached hydrogen (secondary N) is 1. The molecule has 0 amide bonds. The third kappa shape index (κ3) is 3.34. The van der Waals surface area contributed by atoms with Crippen LogP contribution >= 0.6 is 11.8 Å². The molecule has 2 fully saturated rings. The normalized spacial score (nSPS) is 23.0. The zero-order valence-corrected chi connectivity index (χ0v) is 12.7. The molecule has 0 aromatic rings. The fourth-order valence-corrected chi connectivity index (χ4v) is 3.83. The zero-order chi connectivity index (χ0) is 12.8. The molecule has 0 unspecified atom stereocenters. The number of likely N-dealkylation sites (tertiary alicyclic amines) is 1. The molecule has 0 radical (unpaired) electrons. The Hall–Kier alpha value is -0.380. The van der Waals surface area contributed by atoms with Crippen LogP contribution in [0.2, 0.25) is 0 Å². The van der Waals surface area contributed by atoms with Crippen LogP contribution < -0.4 is 5.32 Å². The average molecular weight is 269 g/mol. The fourth-order valence-electron chi connectivity index (χ4n) is 3.40. The average Bonchev–Trinajstić information content (AvgIpc) is 3.01. The van der Waals surface area contributed by atoms with Gasteiger partial charge in [-0.25, -0.2) is 0 Å². The minimum absolute atomic E-state index is 0.636. The maximum absolute atomic E-state index is 4.45. The molecule has 1 saturated heterocycles. The second-order valence-electron chi connectivity index (χ2n) is 5.70. The quantitative estimate of drug-likeness (QED) is 0.483. The smallest absolute Gasteiger partial charge is 0.193 e. The van der Waals surface area contributed by atoms with E-state index >= 15 is 0 Å². The van der Waals surface area contributed by atoms with Gasteiger partial charge in [-0.2, -0.15) is 11.8 Å². The lowest BCUT2D eigenvalue weighted by Crippen LogP contribution is -2.41. The minimum atomic E-state index is 0.636. The van der Waals surface area contributed by atoms with E-state index in [2.05, 4.69) is 21.5 Å². The summed E-state index contributed by atoms with van der Waals surface area (Å²) in [6, 6.07) is 0. The number of hydrogen-bond donors (Lipinski definition) is 1. The van der Waals surface area contributed by atoms with E-state index in [1.54, 1.807) is 0 Å². The molecular weight excluding hydrogens is 242 g/mol. The molecule has 1 aliphatic carbocycles. The summed E-state index contributed by atoms with van der Waals surface area (Å²) in [5.74, 6) is 2.35. The van der Waals surface area contributed by atoms with Gasteiger partial charge in [-0.1, -0.05) is 12.8 Å². The van der Waals surface area contributed by atoms with E-state index in [-0.39, 0.29) is 0 Å². The summed E-state index contributed by atoms with van der Waals surface area (Å²) in [6.45, 7) is 3.48. The Morgan fingerprint density at radius 2 is 2.11 bits per heavy atom. The van der Waals surface area contributed by atoms with Crippen LogP contribution in [0.1, 0.15) is 38.5 Å². The van der Waals surface area contributed by atoms with E-state index in [1.807, 2.05) is 18.8 Å². The minimum Gasteiger partial charge on any atom is -0.356 e. The van der Waals surface area contributed by atoms with Gasteiger partial charge in [-0.3, -0.25) is 4.99 Å². The lowest BCUT2D eigenvalue weighted by Gasteiger charge is -2.25. The monoisotopic (exact) mass is 269 g/mol. The van der Waals surface area contributed by atoms with E-state index in [1.165, 1.54) is 57.4 Å². The molecule has 104 valence electrons. The van der Waals surface area contributed by atoms with Crippen LogP contribution in [-0.2, 0) is 0 Å². The van der Waals surface area contributed by atoms with Crippen molar-refractivity contribution in [3.05, 3.63) is 0 Å². The van der Waals surface area contributed by atoms with Crippen molar-refractivity contribution in [2.45, 2.75) is 38.5 Å². The van der Waals surface area contributed by atoms with Crippen LogP contribution in [0.5, 0.6) is 0 Å². The third-order valence-corrected chi connectivity index (χ3v) is 5.12. The lowest BCUT2D eigenvalue weighted by molar-refractivity contribution is 0.309. The van der Waals surface area contributed by atoms with Crippen LogP contribution in [0, 0.1) is 5.41 Å². The second kappa shape index (κ2) is 6.69. The topological polar surface area (TPSA) is 27.6 Å². The van der Waals surface area contributed by atoms with E-state index in [0.29, 0.717) is 5.41 Å². The first-order chi connectivity index (χ1) is 8.79. The van der Waals surface area contributed by atoms with Crippen molar-refractivity contribution < 1.29 is 0 Å². The molecule has 0 aromatic carbocycles. The van der Waals surface area contributed by atoms with Crippen LogP contribution in [0.3, 0.4) is 0 Å². The van der Waals surface area contributed by atoms with Gasteiger partial charge in [0.05, 0.1) is 0 Å². The van der Waals surface area contributed by atoms with Gasteiger partial charge in [0.2, 0.25) is 0 Å². The highest BCUT2D eigenvalue weighted by Gasteiger charge is 2.40. The van der Waals surface area contributed by atoms with Gasteiger partial charge in [-0.15, -0.1) is 0 Å². The van der Waals surface area contributed by atoms with Gasteiger partial charge < -0.3 is 10.2 Å². The standard InChI is InChI=1S/C14H27N3S/c1-15-13(16-9-5-11-18-2)17-10-8-14(12-17)6-3-4-7-14/h3-12H2,1-2H3,(H,15,16). The van der Waals surface area contributed by atoms with Crippen molar-refractivity contribution in [2.75, 3.05) is 38.7 Å². The first-order valence-electron chi connectivity index (χ1n) is 7.24. The lowest BCUT2D eigenvalue weighted by atomic mass is 9.86. The fraction of sp³-hybridized carbons (Fsp3) is 0.929. The molecule has 1 heterocycles. The molecule has 1 aliphatic heterocycles. The summed E-state index contributed by atoms with van der Waals surface area (Å²) < 4.78 is 0. The molecule has 0 atom stereocenters. The third-order valence-electron chi connectivity index (χ3n) is 4.42. The Morgan fingerprint density at radius 3 is 2.78 bits per heavy atom. The van der Waals surface area contributed by atoms with Crippen LogP contribution in [0.15, 0.2) is 4.99 Å². The predicted molar refractivity (Wildman–Crippen MR) is 81.5 cm³/mol. The van der Waals surface area contributed by atoms with Gasteiger partial charge in [-0.05, 0) is 43.1 Å². The molecule has 18 heavy (non-hydrogen) atoms. The van der Waals surface area contributed by atoms with Gasteiger partial charge >= 0.3 is 0 Å². The molecule has 0 aromatic heterocycles. The van der Waals surface area contributed by atoms with Crippen molar-refractivity contribution in [3.63, 3.8) is 0 Å². The summed E-state index contributed by atoms with van der Waals surface area (Å²) >= 11 is 1.91. The molecule has 1 N–H and O–H groups in total. The van der Waals surface area contributed by atoms with E-state index in [4.69, 9.17) is 0 Å². The molecule has 2 rings (SSSR count). The van der Waals surface area contributed by atoms with Gasteiger partial charge in [0.25, 0.3) is 0 Å². The first-order valence-corrected chi connectivity index (χ1v) is 8.64. The summed E-state index contributed by atoms with van der Waals surface area (Å²) in [5.41, 5.74) is 0.636. The first kappa shape index (κ1) is 14.0. The van der Waals surface area contributed by atoms with Crippen LogP contribution in [-0.4, -0.2) is 49.6 Å². The summed E-state index contributed by atoms with van der Waals surface area (Å²) in [4.78, 5) is 6.92. The van der Waals surface area contributed by atoms with Crippen molar-refractivity contribution in [2.24, 2.45) is 10.4 Å². The van der Waals surface area contributed by atoms with Gasteiger partial charge in [0, 0.05) is 26.7 Å². The Kier molecular flexibility index (Phi) is 5.22. The molecule has 1 spiro atoms. The summed E-state index contributed by atoms with van der Waals surface area (Å²) in [6.07, 6.45) is 10.5. The number of nitrogens with zero attached hydrogens (tertiary/aromatic N) is 2. The highest BCUT2D eigenvalue weighted by atomic mass is 32.2. The van der Waals surface area contributed by atoms with Gasteiger partial charge in [0.1, 0.15) is 0 Å². The SMILES string of the molecule is CN=C(NCCCSC)N1CCC2(CCCC2)C1. The summed E-state index contributed by atoms with van der Waals surface area (Å²) in [5, 5.41) is 3.52. The Morgan fingerprint density at radius 1 is 1.33 bits per heavy atom. The second-order valence-corrected chi connectivity index (χ2v) is 6.68. The highest BCUT2D eigenvalue weighted by Crippen LogP contribution is 2.45. The Balaban J connectivity index is 1.79. The highest BCUT2D eigenvalue weighted by molar-refractivity contribution is 7.98. The van der Waals surface area contributed by atoms with E-state index < -0.39 is 0 Å². The molecule has 3 nitrogen and oxygen atoms in total. The Bertz CT molecular complexity index is 285. The number of thioether (sulfide) groups is 1. The maximum Gasteiger partial charge on any atom is 0.193 e. The molecule has 0 bridgehead atoms. The summed E-state index contributed by atoms with van der Waals surface area (Å²) in [7, 11) is 1.91. The van der Waals surface area contributed by atoms with Gasteiger partial charge in [0.15, 0.2) is 5.96 Å². The maximum atomic E-state index is 4.45. The largest absolute Gasteiger partial charge is 0.356 e. The van der Waals surface area contributed by atoms with E-state index in [9.17, 15) is 0 Å². The van der Waals surface area contributed by atoms with Crippen molar-refractivity contribution in [1.29, 1.82) is 0 Å². The van der Waals surface area contributed by atoms with Crippen molar-refractivity contribution in [1.82, 2.24) is 10.2 Å².